The quantitative estimate of drug-likeness (QED) is 0.307. The molecule has 0 amide bonds. The molecule has 0 aliphatic carbocycles. The number of aromatic nitrogens is 4. The lowest BCUT2D eigenvalue weighted by Crippen LogP contribution is -1.99. The molecule has 5 nitrogen and oxygen atoms in total. The van der Waals surface area contributed by atoms with E-state index in [0.717, 1.165) is 23.0 Å². The molecule has 24 heavy (non-hydrogen) atoms. The van der Waals surface area contributed by atoms with E-state index in [0.29, 0.717) is 21.3 Å². The van der Waals surface area contributed by atoms with Gasteiger partial charge in [0.05, 0.1) is 16.5 Å². The van der Waals surface area contributed by atoms with Crippen LogP contribution in [-0.4, -0.2) is 19.5 Å². The van der Waals surface area contributed by atoms with E-state index in [-0.39, 0.29) is 5.25 Å². The summed E-state index contributed by atoms with van der Waals surface area (Å²) in [5.41, 5.74) is 8.80. The molecule has 3 rings (SSSR count). The molecule has 0 bridgehead atoms. The molecule has 0 fully saturated rings. The van der Waals surface area contributed by atoms with Crippen LogP contribution in [0.2, 0.25) is 10.3 Å². The molecule has 0 saturated carbocycles. The van der Waals surface area contributed by atoms with Crippen LogP contribution in [0.3, 0.4) is 0 Å². The van der Waals surface area contributed by atoms with Crippen LogP contribution in [0.4, 0.5) is 5.82 Å². The fraction of sp³-hybridized carbons (Fsp3) is 0.312. The van der Waals surface area contributed by atoms with Crippen LogP contribution in [0.5, 0.6) is 0 Å². The molecule has 1 unspecified atom stereocenters. The van der Waals surface area contributed by atoms with Crippen LogP contribution >= 0.6 is 35.0 Å². The Kier molecular flexibility index (Phi) is 4.90. The van der Waals surface area contributed by atoms with Gasteiger partial charge in [-0.2, -0.15) is 0 Å². The zero-order valence-corrected chi connectivity index (χ0v) is 15.9. The second kappa shape index (κ2) is 6.78. The Labute approximate surface area is 154 Å². The van der Waals surface area contributed by atoms with Crippen LogP contribution in [0, 0.1) is 0 Å². The molecule has 0 aliphatic rings. The summed E-state index contributed by atoms with van der Waals surface area (Å²) in [6.45, 7) is 4.16. The maximum atomic E-state index is 6.42. The smallest absolute Gasteiger partial charge is 0.191 e. The molecule has 3 heterocycles. The minimum atomic E-state index is 0.00896. The number of fused-ring (bicyclic) bond motifs is 1. The van der Waals surface area contributed by atoms with Gasteiger partial charge < -0.3 is 10.3 Å². The molecule has 8 heteroatoms. The number of anilines is 1. The van der Waals surface area contributed by atoms with Crippen molar-refractivity contribution in [3.8, 4) is 0 Å². The highest BCUT2D eigenvalue weighted by atomic mass is 35.5. The van der Waals surface area contributed by atoms with Crippen molar-refractivity contribution in [1.82, 2.24) is 19.5 Å². The van der Waals surface area contributed by atoms with Gasteiger partial charge in [0.1, 0.15) is 11.0 Å². The number of nitrogens with zero attached hydrogens (tertiary/aromatic N) is 4. The number of pyridine rings is 1. The van der Waals surface area contributed by atoms with Gasteiger partial charge in [0, 0.05) is 24.7 Å². The van der Waals surface area contributed by atoms with Crippen LogP contribution in [-0.2, 0) is 13.5 Å². The standard InChI is InChI=1S/C16H17Cl2N5S/c1-4-9-7-23(3)14-10(9)5-11(20-15(14)18)8(2)24-16-21-12(17)6-13(19)22-16/h5-8H,4H2,1-3H3,(H2,19,21,22). The number of halogens is 2. The second-order valence-corrected chi connectivity index (χ2v) is 7.56. The van der Waals surface area contributed by atoms with Gasteiger partial charge in [-0.05, 0) is 25.0 Å². The van der Waals surface area contributed by atoms with Gasteiger partial charge in [-0.1, -0.05) is 41.9 Å². The maximum absolute atomic E-state index is 6.42. The Bertz CT molecular complexity index is 889. The van der Waals surface area contributed by atoms with E-state index >= 15 is 0 Å². The van der Waals surface area contributed by atoms with Crippen LogP contribution in [0.15, 0.2) is 23.5 Å². The first-order chi connectivity index (χ1) is 11.4. The Morgan fingerprint density at radius 1 is 1.25 bits per heavy atom. The number of aryl methyl sites for hydroxylation is 2. The third-order valence-corrected chi connectivity index (χ3v) is 5.24. The third-order valence-electron chi connectivity index (χ3n) is 3.79. The maximum Gasteiger partial charge on any atom is 0.191 e. The summed E-state index contributed by atoms with van der Waals surface area (Å²) in [5.74, 6) is 0.350. The van der Waals surface area contributed by atoms with Gasteiger partial charge >= 0.3 is 0 Å². The summed E-state index contributed by atoms with van der Waals surface area (Å²) in [6, 6.07) is 3.61. The Morgan fingerprint density at radius 2 is 2.00 bits per heavy atom. The molecule has 0 radical (unpaired) electrons. The van der Waals surface area contributed by atoms with E-state index in [4.69, 9.17) is 28.9 Å². The van der Waals surface area contributed by atoms with E-state index in [9.17, 15) is 0 Å². The number of nitrogens with two attached hydrogens (primary N) is 1. The van der Waals surface area contributed by atoms with Crippen LogP contribution < -0.4 is 5.73 Å². The fourth-order valence-corrected chi connectivity index (χ4v) is 4.09. The van der Waals surface area contributed by atoms with Crippen molar-refractivity contribution >= 4 is 51.7 Å². The highest BCUT2D eigenvalue weighted by molar-refractivity contribution is 7.99. The van der Waals surface area contributed by atoms with Gasteiger partial charge in [-0.25, -0.2) is 15.0 Å². The number of nitrogen functional groups attached to an aromatic ring is 1. The summed E-state index contributed by atoms with van der Waals surface area (Å²) >= 11 is 13.8. The first-order valence-electron chi connectivity index (χ1n) is 7.50. The zero-order valence-electron chi connectivity index (χ0n) is 13.5. The van der Waals surface area contributed by atoms with Crippen molar-refractivity contribution in [3.05, 3.63) is 39.9 Å². The van der Waals surface area contributed by atoms with E-state index in [1.165, 1.54) is 23.4 Å². The Hall–Kier alpha value is -1.50. The van der Waals surface area contributed by atoms with Gasteiger partial charge in [-0.3, -0.25) is 0 Å². The number of hydrogen-bond acceptors (Lipinski definition) is 5. The lowest BCUT2D eigenvalue weighted by molar-refractivity contribution is 0.937. The molecule has 1 atom stereocenters. The lowest BCUT2D eigenvalue weighted by Gasteiger charge is -2.12. The average Bonchev–Trinajstić information content (AvgIpc) is 2.82. The zero-order chi connectivity index (χ0) is 17.4. The molecular weight excluding hydrogens is 365 g/mol. The Morgan fingerprint density at radius 3 is 2.67 bits per heavy atom. The summed E-state index contributed by atoms with van der Waals surface area (Å²) in [7, 11) is 1.98. The van der Waals surface area contributed by atoms with Gasteiger partial charge in [0.25, 0.3) is 0 Å². The first-order valence-corrected chi connectivity index (χ1v) is 9.13. The summed E-state index contributed by atoms with van der Waals surface area (Å²) in [6.07, 6.45) is 3.03. The molecule has 0 aromatic carbocycles. The van der Waals surface area contributed by atoms with Gasteiger partial charge in [0.2, 0.25) is 0 Å². The van der Waals surface area contributed by atoms with E-state index in [2.05, 4.69) is 34.1 Å². The lowest BCUT2D eigenvalue weighted by atomic mass is 10.1. The third kappa shape index (κ3) is 3.31. The van der Waals surface area contributed by atoms with Crippen LogP contribution in [0.25, 0.3) is 10.9 Å². The van der Waals surface area contributed by atoms with Crippen molar-refractivity contribution in [2.45, 2.75) is 30.7 Å². The monoisotopic (exact) mass is 381 g/mol. The molecule has 126 valence electrons. The topological polar surface area (TPSA) is 69.6 Å². The Balaban J connectivity index is 1.99. The second-order valence-electron chi connectivity index (χ2n) is 5.51. The van der Waals surface area contributed by atoms with Crippen molar-refractivity contribution in [2.75, 3.05) is 5.73 Å². The summed E-state index contributed by atoms with van der Waals surface area (Å²) in [4.78, 5) is 13.0. The molecule has 0 saturated heterocycles. The van der Waals surface area contributed by atoms with Gasteiger partial charge in [-0.15, -0.1) is 0 Å². The van der Waals surface area contributed by atoms with E-state index < -0.39 is 0 Å². The SMILES string of the molecule is CCc1cn(C)c2c(Cl)nc(C(C)Sc3nc(N)cc(Cl)n3)cc12. The van der Waals surface area contributed by atoms with Crippen LogP contribution in [0.1, 0.15) is 30.4 Å². The largest absolute Gasteiger partial charge is 0.384 e. The first kappa shape index (κ1) is 17.3. The van der Waals surface area contributed by atoms with E-state index in [1.807, 2.05) is 18.5 Å². The normalized spacial score (nSPS) is 12.7. The van der Waals surface area contributed by atoms with E-state index in [1.54, 1.807) is 0 Å². The molecule has 3 aromatic heterocycles. The predicted molar refractivity (Wildman–Crippen MR) is 101 cm³/mol. The molecule has 3 aromatic rings. The molecule has 0 aliphatic heterocycles. The number of thioether (sulfide) groups is 1. The highest BCUT2D eigenvalue weighted by Crippen LogP contribution is 2.36. The molecular formula is C16H17Cl2N5S. The number of hydrogen-bond donors (Lipinski definition) is 1. The highest BCUT2D eigenvalue weighted by Gasteiger charge is 2.17. The molecule has 0 spiro atoms. The molecule has 2 N–H and O–H groups in total. The van der Waals surface area contributed by atoms with Crippen molar-refractivity contribution in [3.63, 3.8) is 0 Å². The van der Waals surface area contributed by atoms with Crippen molar-refractivity contribution in [1.29, 1.82) is 0 Å². The minimum Gasteiger partial charge on any atom is -0.384 e. The average molecular weight is 382 g/mol. The fourth-order valence-electron chi connectivity index (χ4n) is 2.65. The predicted octanol–water partition coefficient (Wildman–Crippen LogP) is 4.67. The van der Waals surface area contributed by atoms with Crippen molar-refractivity contribution < 1.29 is 0 Å². The summed E-state index contributed by atoms with van der Waals surface area (Å²) < 4.78 is 2.02. The van der Waals surface area contributed by atoms with Crippen molar-refractivity contribution in [2.24, 2.45) is 7.05 Å². The minimum absolute atomic E-state index is 0.00896. The summed E-state index contributed by atoms with van der Waals surface area (Å²) in [5, 5.41) is 2.50. The van der Waals surface area contributed by atoms with Gasteiger partial charge in [0.15, 0.2) is 10.3 Å². The number of rotatable bonds is 4.